The van der Waals surface area contributed by atoms with Crippen molar-refractivity contribution in [1.29, 1.82) is 0 Å². The molecule has 1 saturated carbocycles. The molecule has 0 unspecified atom stereocenters. The van der Waals surface area contributed by atoms with E-state index in [0.29, 0.717) is 6.04 Å². The van der Waals surface area contributed by atoms with Crippen LogP contribution in [-0.4, -0.2) is 23.8 Å². The molecule has 2 aliphatic rings. The van der Waals surface area contributed by atoms with Crippen LogP contribution in [-0.2, 0) is 0 Å². The molecule has 10 heavy (non-hydrogen) atoms. The molecule has 58 valence electrons. The van der Waals surface area contributed by atoms with E-state index in [1.54, 1.807) is 0 Å². The maximum atomic E-state index is 9.52. The third kappa shape index (κ3) is 0.956. The number of fused-ring (bicyclic) bond motifs is 1. The van der Waals surface area contributed by atoms with Crippen LogP contribution in [0.2, 0.25) is 0 Å². The van der Waals surface area contributed by atoms with Crippen LogP contribution in [0.3, 0.4) is 0 Å². The smallest absolute Gasteiger partial charge is 0.0695 e. The van der Waals surface area contributed by atoms with Gasteiger partial charge in [-0.15, -0.1) is 0 Å². The summed E-state index contributed by atoms with van der Waals surface area (Å²) in [6, 6.07) is 0.439. The summed E-state index contributed by atoms with van der Waals surface area (Å²) in [5.41, 5.74) is 0. The number of rotatable bonds is 0. The Kier molecular flexibility index (Phi) is 1.66. The Morgan fingerprint density at radius 3 is 2.90 bits per heavy atom. The first-order valence-corrected chi connectivity index (χ1v) is 4.29. The fourth-order valence-corrected chi connectivity index (χ4v) is 2.32. The highest BCUT2D eigenvalue weighted by molar-refractivity contribution is 4.92. The predicted octanol–water partition coefficient (Wildman–Crippen LogP) is 0.509. The molecule has 1 aliphatic carbocycles. The van der Waals surface area contributed by atoms with Gasteiger partial charge in [-0.2, -0.15) is 0 Å². The van der Waals surface area contributed by atoms with Gasteiger partial charge >= 0.3 is 0 Å². The molecular formula is C8H15NO. The van der Waals surface area contributed by atoms with Crippen LogP contribution in [0, 0.1) is 5.92 Å². The minimum Gasteiger partial charge on any atom is -0.391 e. The van der Waals surface area contributed by atoms with E-state index in [1.165, 1.54) is 19.3 Å². The lowest BCUT2D eigenvalue weighted by Crippen LogP contribution is -2.41. The van der Waals surface area contributed by atoms with Crippen molar-refractivity contribution in [3.63, 3.8) is 0 Å². The van der Waals surface area contributed by atoms with E-state index in [1.807, 2.05) is 0 Å². The molecule has 0 aromatic heterocycles. The molecule has 2 nitrogen and oxygen atoms in total. The number of aliphatic hydroxyl groups is 1. The summed E-state index contributed by atoms with van der Waals surface area (Å²) in [6.07, 6.45) is 4.79. The number of hydrogen-bond donors (Lipinski definition) is 2. The van der Waals surface area contributed by atoms with Gasteiger partial charge in [0.25, 0.3) is 0 Å². The molecule has 1 saturated heterocycles. The minimum atomic E-state index is -0.0544. The predicted molar refractivity (Wildman–Crippen MR) is 39.8 cm³/mol. The molecule has 3 atom stereocenters. The van der Waals surface area contributed by atoms with Gasteiger partial charge in [-0.3, -0.25) is 0 Å². The zero-order chi connectivity index (χ0) is 6.97. The summed E-state index contributed by atoms with van der Waals surface area (Å²) in [6.45, 7) is 1.12. The molecule has 2 N–H and O–H groups in total. The van der Waals surface area contributed by atoms with E-state index in [-0.39, 0.29) is 6.10 Å². The zero-order valence-corrected chi connectivity index (χ0v) is 6.21. The van der Waals surface area contributed by atoms with Gasteiger partial charge in [-0.05, 0) is 31.7 Å². The highest BCUT2D eigenvalue weighted by Gasteiger charge is 2.34. The van der Waals surface area contributed by atoms with Gasteiger partial charge in [0.05, 0.1) is 6.10 Å². The summed E-state index contributed by atoms with van der Waals surface area (Å²) < 4.78 is 0. The fraction of sp³-hybridized carbons (Fsp3) is 1.00. The average Bonchev–Trinajstić information content (AvgIpc) is 2.36. The molecule has 0 bridgehead atoms. The molecule has 2 heteroatoms. The normalized spacial score (nSPS) is 47.1. The summed E-state index contributed by atoms with van der Waals surface area (Å²) in [4.78, 5) is 0. The standard InChI is InChI=1S/C8H15NO/c10-7-3-1-2-6-4-5-9-8(6)7/h6-10H,1-5H2/t6-,7+,8+/m0/s1. The first-order valence-electron chi connectivity index (χ1n) is 4.29. The van der Waals surface area contributed by atoms with Crippen LogP contribution in [0.1, 0.15) is 25.7 Å². The van der Waals surface area contributed by atoms with E-state index in [2.05, 4.69) is 5.32 Å². The maximum absolute atomic E-state index is 9.52. The summed E-state index contributed by atoms with van der Waals surface area (Å²) >= 11 is 0. The van der Waals surface area contributed by atoms with Crippen LogP contribution >= 0.6 is 0 Å². The topological polar surface area (TPSA) is 32.3 Å². The number of aliphatic hydroxyl groups excluding tert-OH is 1. The van der Waals surface area contributed by atoms with Gasteiger partial charge in [0, 0.05) is 6.04 Å². The average molecular weight is 141 g/mol. The molecule has 0 spiro atoms. The number of hydrogen-bond acceptors (Lipinski definition) is 2. The maximum Gasteiger partial charge on any atom is 0.0695 e. The van der Waals surface area contributed by atoms with Gasteiger partial charge in [-0.25, -0.2) is 0 Å². The van der Waals surface area contributed by atoms with Crippen molar-refractivity contribution in [2.24, 2.45) is 5.92 Å². The molecule has 0 aromatic carbocycles. The Hall–Kier alpha value is -0.0800. The van der Waals surface area contributed by atoms with Crippen LogP contribution in [0.5, 0.6) is 0 Å². The molecule has 0 radical (unpaired) electrons. The third-order valence-electron chi connectivity index (χ3n) is 2.89. The van der Waals surface area contributed by atoms with E-state index in [4.69, 9.17) is 0 Å². The largest absolute Gasteiger partial charge is 0.391 e. The quantitative estimate of drug-likeness (QED) is 0.515. The van der Waals surface area contributed by atoms with Gasteiger partial charge in [0.15, 0.2) is 0 Å². The highest BCUT2D eigenvalue weighted by Crippen LogP contribution is 2.30. The second kappa shape index (κ2) is 2.51. The molecular weight excluding hydrogens is 126 g/mol. The summed E-state index contributed by atoms with van der Waals surface area (Å²) in [5, 5.41) is 12.9. The Bertz CT molecular complexity index is 126. The Morgan fingerprint density at radius 1 is 1.20 bits per heavy atom. The van der Waals surface area contributed by atoms with Crippen LogP contribution in [0.15, 0.2) is 0 Å². The molecule has 1 aliphatic heterocycles. The summed E-state index contributed by atoms with van der Waals surface area (Å²) in [5.74, 6) is 0.781. The summed E-state index contributed by atoms with van der Waals surface area (Å²) in [7, 11) is 0. The number of nitrogens with one attached hydrogen (secondary N) is 1. The lowest BCUT2D eigenvalue weighted by Gasteiger charge is -2.29. The molecule has 2 rings (SSSR count). The van der Waals surface area contributed by atoms with Crippen molar-refractivity contribution in [2.75, 3.05) is 6.54 Å². The van der Waals surface area contributed by atoms with E-state index in [0.717, 1.165) is 18.9 Å². The van der Waals surface area contributed by atoms with Crippen molar-refractivity contribution in [1.82, 2.24) is 5.32 Å². The minimum absolute atomic E-state index is 0.0544. The molecule has 2 fully saturated rings. The van der Waals surface area contributed by atoms with Gasteiger partial charge in [0.2, 0.25) is 0 Å². The van der Waals surface area contributed by atoms with Crippen molar-refractivity contribution >= 4 is 0 Å². The van der Waals surface area contributed by atoms with Gasteiger partial charge in [0.1, 0.15) is 0 Å². The molecule has 0 amide bonds. The van der Waals surface area contributed by atoms with Crippen LogP contribution in [0.25, 0.3) is 0 Å². The lowest BCUT2D eigenvalue weighted by molar-refractivity contribution is 0.0779. The van der Waals surface area contributed by atoms with Gasteiger partial charge < -0.3 is 10.4 Å². The zero-order valence-electron chi connectivity index (χ0n) is 6.21. The first kappa shape index (κ1) is 6.62. The Labute approximate surface area is 61.6 Å². The fourth-order valence-electron chi connectivity index (χ4n) is 2.32. The van der Waals surface area contributed by atoms with Crippen LogP contribution < -0.4 is 5.32 Å². The molecule has 1 heterocycles. The van der Waals surface area contributed by atoms with Crippen LogP contribution in [0.4, 0.5) is 0 Å². The Morgan fingerprint density at radius 2 is 2.10 bits per heavy atom. The SMILES string of the molecule is O[C@@H]1CCC[C@H]2CCN[C@H]21. The Balaban J connectivity index is 2.03. The van der Waals surface area contributed by atoms with Gasteiger partial charge in [-0.1, -0.05) is 6.42 Å². The molecule has 0 aromatic rings. The van der Waals surface area contributed by atoms with E-state index >= 15 is 0 Å². The van der Waals surface area contributed by atoms with E-state index < -0.39 is 0 Å². The van der Waals surface area contributed by atoms with Crippen molar-refractivity contribution < 1.29 is 5.11 Å². The van der Waals surface area contributed by atoms with Crippen molar-refractivity contribution in [3.8, 4) is 0 Å². The second-order valence-electron chi connectivity index (χ2n) is 3.53. The van der Waals surface area contributed by atoms with Crippen molar-refractivity contribution in [2.45, 2.75) is 37.8 Å². The first-order chi connectivity index (χ1) is 4.88. The highest BCUT2D eigenvalue weighted by atomic mass is 16.3. The lowest BCUT2D eigenvalue weighted by atomic mass is 9.83. The van der Waals surface area contributed by atoms with E-state index in [9.17, 15) is 5.11 Å². The van der Waals surface area contributed by atoms with Crippen molar-refractivity contribution in [3.05, 3.63) is 0 Å². The second-order valence-corrected chi connectivity index (χ2v) is 3.53. The third-order valence-corrected chi connectivity index (χ3v) is 2.89. The monoisotopic (exact) mass is 141 g/mol.